The Kier molecular flexibility index (Phi) is 5.20. The Bertz CT molecular complexity index is 408. The smallest absolute Gasteiger partial charge is 0.167 e. The summed E-state index contributed by atoms with van der Waals surface area (Å²) in [5.74, 6) is 0.939. The molecule has 2 rings (SSSR count). The first-order chi connectivity index (χ1) is 9.16. The van der Waals surface area contributed by atoms with E-state index in [0.29, 0.717) is 24.0 Å². The molecular formula is C16H24FNO. The first kappa shape index (κ1) is 14.3. The molecule has 19 heavy (non-hydrogen) atoms. The molecule has 0 radical (unpaired) electrons. The molecule has 2 atom stereocenters. The van der Waals surface area contributed by atoms with E-state index in [-0.39, 0.29) is 5.82 Å². The summed E-state index contributed by atoms with van der Waals surface area (Å²) in [6, 6.07) is 5.87. The molecule has 1 aromatic carbocycles. The van der Waals surface area contributed by atoms with E-state index in [0.717, 1.165) is 12.5 Å². The van der Waals surface area contributed by atoms with Crippen LogP contribution < -0.4 is 10.1 Å². The van der Waals surface area contributed by atoms with Gasteiger partial charge in [-0.05, 0) is 37.3 Å². The van der Waals surface area contributed by atoms with E-state index in [2.05, 4.69) is 12.2 Å². The van der Waals surface area contributed by atoms with Crippen molar-refractivity contribution in [2.45, 2.75) is 45.6 Å². The Labute approximate surface area is 115 Å². The highest BCUT2D eigenvalue weighted by Gasteiger charge is 2.17. The third kappa shape index (κ3) is 4.20. The van der Waals surface area contributed by atoms with Crippen molar-refractivity contribution in [1.29, 1.82) is 0 Å². The SMILES string of the molecule is Cc1cccc(OCCNC2CCCC(C)C2)c1F. The van der Waals surface area contributed by atoms with Crippen molar-refractivity contribution in [3.8, 4) is 5.75 Å². The van der Waals surface area contributed by atoms with E-state index in [4.69, 9.17) is 4.74 Å². The first-order valence-electron chi connectivity index (χ1n) is 7.28. The van der Waals surface area contributed by atoms with Crippen LogP contribution in [0.25, 0.3) is 0 Å². The number of halogens is 1. The maximum Gasteiger partial charge on any atom is 0.167 e. The van der Waals surface area contributed by atoms with Crippen molar-refractivity contribution in [2.24, 2.45) is 5.92 Å². The van der Waals surface area contributed by atoms with Crippen LogP contribution in [0.5, 0.6) is 5.75 Å². The number of ether oxygens (including phenoxy) is 1. The van der Waals surface area contributed by atoms with Gasteiger partial charge in [-0.1, -0.05) is 31.9 Å². The van der Waals surface area contributed by atoms with Crippen molar-refractivity contribution in [3.05, 3.63) is 29.6 Å². The van der Waals surface area contributed by atoms with Crippen LogP contribution in [0.15, 0.2) is 18.2 Å². The van der Waals surface area contributed by atoms with Crippen LogP contribution in [-0.4, -0.2) is 19.2 Å². The van der Waals surface area contributed by atoms with Crippen molar-refractivity contribution in [2.75, 3.05) is 13.2 Å². The van der Waals surface area contributed by atoms with Crippen molar-refractivity contribution < 1.29 is 9.13 Å². The largest absolute Gasteiger partial charge is 0.489 e. The third-order valence-corrected chi connectivity index (χ3v) is 3.89. The van der Waals surface area contributed by atoms with Crippen LogP contribution in [0, 0.1) is 18.7 Å². The van der Waals surface area contributed by atoms with Crippen LogP contribution in [0.2, 0.25) is 0 Å². The molecule has 2 nitrogen and oxygen atoms in total. The van der Waals surface area contributed by atoms with Crippen LogP contribution in [0.1, 0.15) is 38.2 Å². The zero-order valence-corrected chi connectivity index (χ0v) is 11.9. The van der Waals surface area contributed by atoms with Crippen LogP contribution in [-0.2, 0) is 0 Å². The van der Waals surface area contributed by atoms with Gasteiger partial charge in [-0.25, -0.2) is 4.39 Å². The molecule has 0 bridgehead atoms. The Hall–Kier alpha value is -1.09. The molecule has 0 heterocycles. The maximum atomic E-state index is 13.7. The summed E-state index contributed by atoms with van der Waals surface area (Å²) in [5, 5.41) is 3.51. The maximum absolute atomic E-state index is 13.7. The van der Waals surface area contributed by atoms with Gasteiger partial charge in [0.1, 0.15) is 6.61 Å². The Morgan fingerprint density at radius 3 is 3.00 bits per heavy atom. The van der Waals surface area contributed by atoms with Gasteiger partial charge in [0.15, 0.2) is 11.6 Å². The molecule has 3 heteroatoms. The molecule has 1 fully saturated rings. The molecule has 2 unspecified atom stereocenters. The molecule has 1 N–H and O–H groups in total. The van der Waals surface area contributed by atoms with Crippen molar-refractivity contribution in [1.82, 2.24) is 5.32 Å². The fourth-order valence-electron chi connectivity index (χ4n) is 2.78. The minimum absolute atomic E-state index is 0.242. The summed E-state index contributed by atoms with van der Waals surface area (Å²) in [6.07, 6.45) is 5.16. The van der Waals surface area contributed by atoms with E-state index < -0.39 is 0 Å². The molecule has 106 valence electrons. The van der Waals surface area contributed by atoms with Gasteiger partial charge >= 0.3 is 0 Å². The van der Waals surface area contributed by atoms with Gasteiger partial charge in [-0.2, -0.15) is 0 Å². The predicted molar refractivity (Wildman–Crippen MR) is 76.1 cm³/mol. The van der Waals surface area contributed by atoms with E-state index in [1.165, 1.54) is 25.7 Å². The lowest BCUT2D eigenvalue weighted by molar-refractivity contribution is 0.260. The lowest BCUT2D eigenvalue weighted by Crippen LogP contribution is -2.36. The zero-order chi connectivity index (χ0) is 13.7. The minimum Gasteiger partial charge on any atom is -0.489 e. The number of benzene rings is 1. The van der Waals surface area contributed by atoms with Gasteiger partial charge in [-0.3, -0.25) is 0 Å². The Balaban J connectivity index is 1.70. The summed E-state index contributed by atoms with van der Waals surface area (Å²) in [7, 11) is 0. The molecule has 0 amide bonds. The first-order valence-corrected chi connectivity index (χ1v) is 7.28. The molecule has 1 aliphatic rings. The summed E-state index contributed by atoms with van der Waals surface area (Å²) in [5.41, 5.74) is 0.631. The van der Waals surface area contributed by atoms with Gasteiger partial charge in [-0.15, -0.1) is 0 Å². The summed E-state index contributed by atoms with van der Waals surface area (Å²) < 4.78 is 19.2. The number of aryl methyl sites for hydroxylation is 1. The van der Waals surface area contributed by atoms with E-state index in [9.17, 15) is 4.39 Å². The van der Waals surface area contributed by atoms with Gasteiger partial charge in [0.2, 0.25) is 0 Å². The second-order valence-electron chi connectivity index (χ2n) is 5.66. The van der Waals surface area contributed by atoms with Crippen LogP contribution in [0.4, 0.5) is 4.39 Å². The zero-order valence-electron chi connectivity index (χ0n) is 11.9. The average molecular weight is 265 g/mol. The van der Waals surface area contributed by atoms with Gasteiger partial charge < -0.3 is 10.1 Å². The van der Waals surface area contributed by atoms with Crippen molar-refractivity contribution >= 4 is 0 Å². The standard InChI is InChI=1S/C16H24FNO/c1-12-5-3-7-14(11-12)18-9-10-19-15-8-4-6-13(2)16(15)17/h4,6,8,12,14,18H,3,5,7,9-11H2,1-2H3. The van der Waals surface area contributed by atoms with Crippen LogP contribution in [0.3, 0.4) is 0 Å². The Morgan fingerprint density at radius 2 is 2.21 bits per heavy atom. The molecule has 0 spiro atoms. The second kappa shape index (κ2) is 6.90. The second-order valence-corrected chi connectivity index (χ2v) is 5.66. The van der Waals surface area contributed by atoms with Crippen LogP contribution >= 0.6 is 0 Å². The topological polar surface area (TPSA) is 21.3 Å². The molecule has 0 aromatic heterocycles. The molecule has 1 saturated carbocycles. The summed E-state index contributed by atoms with van der Waals surface area (Å²) in [4.78, 5) is 0. The van der Waals surface area contributed by atoms with E-state index in [1.54, 1.807) is 19.1 Å². The fourth-order valence-corrected chi connectivity index (χ4v) is 2.78. The summed E-state index contributed by atoms with van der Waals surface area (Å²) >= 11 is 0. The minimum atomic E-state index is -0.242. The normalized spacial score (nSPS) is 23.3. The Morgan fingerprint density at radius 1 is 1.37 bits per heavy atom. The quantitative estimate of drug-likeness (QED) is 0.820. The number of hydrogen-bond donors (Lipinski definition) is 1. The van der Waals surface area contributed by atoms with E-state index >= 15 is 0 Å². The molecular weight excluding hydrogens is 241 g/mol. The third-order valence-electron chi connectivity index (χ3n) is 3.89. The van der Waals surface area contributed by atoms with Gasteiger partial charge in [0, 0.05) is 12.6 Å². The van der Waals surface area contributed by atoms with Gasteiger partial charge in [0.25, 0.3) is 0 Å². The van der Waals surface area contributed by atoms with Crippen molar-refractivity contribution in [3.63, 3.8) is 0 Å². The highest BCUT2D eigenvalue weighted by Crippen LogP contribution is 2.23. The number of hydrogen-bond acceptors (Lipinski definition) is 2. The average Bonchev–Trinajstić information content (AvgIpc) is 2.39. The van der Waals surface area contributed by atoms with Gasteiger partial charge in [0.05, 0.1) is 0 Å². The summed E-state index contributed by atoms with van der Waals surface area (Å²) in [6.45, 7) is 5.37. The molecule has 1 aliphatic carbocycles. The lowest BCUT2D eigenvalue weighted by Gasteiger charge is -2.27. The predicted octanol–water partition coefficient (Wildman–Crippen LogP) is 3.68. The molecule has 0 saturated heterocycles. The highest BCUT2D eigenvalue weighted by molar-refractivity contribution is 5.29. The lowest BCUT2D eigenvalue weighted by atomic mass is 9.87. The number of nitrogens with one attached hydrogen (secondary N) is 1. The fraction of sp³-hybridized carbons (Fsp3) is 0.625. The van der Waals surface area contributed by atoms with E-state index in [1.807, 2.05) is 6.07 Å². The monoisotopic (exact) mass is 265 g/mol. The highest BCUT2D eigenvalue weighted by atomic mass is 19.1. The molecule has 1 aromatic rings. The number of rotatable bonds is 5. The molecule has 0 aliphatic heterocycles.